The first-order chi connectivity index (χ1) is 13.6. The Hall–Kier alpha value is -3.11. The van der Waals surface area contributed by atoms with Crippen LogP contribution in [0, 0.1) is 0 Å². The van der Waals surface area contributed by atoms with Crippen LogP contribution in [-0.4, -0.2) is 24.0 Å². The molecule has 1 atom stereocenters. The number of hydrogen-bond acceptors (Lipinski definition) is 3. The Bertz CT molecular complexity index is 968. The number of rotatable bonds is 5. The summed E-state index contributed by atoms with van der Waals surface area (Å²) < 4.78 is 5.62. The minimum absolute atomic E-state index is 0.100. The van der Waals surface area contributed by atoms with Crippen molar-refractivity contribution in [1.82, 2.24) is 4.90 Å². The Morgan fingerprint density at radius 3 is 2.29 bits per heavy atom. The molecule has 1 aliphatic rings. The van der Waals surface area contributed by atoms with Crippen molar-refractivity contribution in [2.24, 2.45) is 0 Å². The monoisotopic (exact) mass is 372 g/mol. The normalized spacial score (nSPS) is 15.7. The third kappa shape index (κ3) is 4.07. The first-order valence-corrected chi connectivity index (χ1v) is 9.52. The van der Waals surface area contributed by atoms with Crippen LogP contribution in [-0.2, 0) is 17.9 Å². The quantitative estimate of drug-likeness (QED) is 0.705. The molecule has 1 unspecified atom stereocenters. The van der Waals surface area contributed by atoms with Gasteiger partial charge in [-0.15, -0.1) is 0 Å². The lowest BCUT2D eigenvalue weighted by molar-refractivity contribution is -0.122. The molecule has 1 aliphatic heterocycles. The Kier molecular flexibility index (Phi) is 5.13. The molecule has 1 heterocycles. The molecular weight excluding hydrogens is 348 g/mol. The molecule has 3 aromatic carbocycles. The largest absolute Gasteiger partial charge is 0.479 e. The van der Waals surface area contributed by atoms with Gasteiger partial charge < -0.3 is 10.1 Å². The highest BCUT2D eigenvalue weighted by atomic mass is 16.5. The van der Waals surface area contributed by atoms with Crippen LogP contribution in [0.1, 0.15) is 18.1 Å². The molecule has 3 aromatic rings. The van der Waals surface area contributed by atoms with Crippen LogP contribution < -0.4 is 10.1 Å². The molecule has 1 N–H and O–H groups in total. The summed E-state index contributed by atoms with van der Waals surface area (Å²) in [6.45, 7) is 3.40. The summed E-state index contributed by atoms with van der Waals surface area (Å²) in [5, 5.41) is 2.91. The maximum Gasteiger partial charge on any atom is 0.265 e. The number of carbonyl (C=O) groups is 1. The van der Waals surface area contributed by atoms with E-state index in [0.717, 1.165) is 30.1 Å². The highest BCUT2D eigenvalue weighted by Crippen LogP contribution is 2.30. The zero-order chi connectivity index (χ0) is 19.5. The van der Waals surface area contributed by atoms with Crippen molar-refractivity contribution in [2.45, 2.75) is 26.1 Å². The number of benzene rings is 3. The van der Waals surface area contributed by atoms with Gasteiger partial charge in [0.05, 0.1) is 5.69 Å². The summed E-state index contributed by atoms with van der Waals surface area (Å²) in [6.07, 6.45) is -0.445. The van der Waals surface area contributed by atoms with Gasteiger partial charge in [-0.1, -0.05) is 60.7 Å². The lowest BCUT2D eigenvalue weighted by atomic mass is 10.0. The summed E-state index contributed by atoms with van der Waals surface area (Å²) in [4.78, 5) is 14.1. The molecule has 142 valence electrons. The number of anilines is 1. The van der Waals surface area contributed by atoms with E-state index in [1.807, 2.05) is 18.2 Å². The second-order valence-electron chi connectivity index (χ2n) is 7.32. The van der Waals surface area contributed by atoms with Crippen LogP contribution in [0.5, 0.6) is 5.75 Å². The summed E-state index contributed by atoms with van der Waals surface area (Å²) in [5.41, 5.74) is 5.62. The molecule has 28 heavy (non-hydrogen) atoms. The van der Waals surface area contributed by atoms with Crippen LogP contribution in [0.25, 0.3) is 11.1 Å². The van der Waals surface area contributed by atoms with Crippen LogP contribution in [0.3, 0.4) is 0 Å². The minimum atomic E-state index is -0.445. The molecule has 0 bridgehead atoms. The predicted molar refractivity (Wildman–Crippen MR) is 112 cm³/mol. The van der Waals surface area contributed by atoms with Gasteiger partial charge >= 0.3 is 0 Å². The number of nitrogens with one attached hydrogen (secondary N) is 1. The van der Waals surface area contributed by atoms with E-state index in [-0.39, 0.29) is 5.91 Å². The molecule has 0 spiro atoms. The third-order valence-corrected chi connectivity index (χ3v) is 4.94. The summed E-state index contributed by atoms with van der Waals surface area (Å²) in [7, 11) is 2.10. The number of hydrogen-bond donors (Lipinski definition) is 1. The van der Waals surface area contributed by atoms with Gasteiger partial charge in [0.25, 0.3) is 5.91 Å². The highest BCUT2D eigenvalue weighted by molar-refractivity contribution is 5.97. The van der Waals surface area contributed by atoms with E-state index < -0.39 is 6.10 Å². The number of nitrogens with zero attached hydrogens (tertiary/aromatic N) is 1. The lowest BCUT2D eigenvalue weighted by Gasteiger charge is -2.24. The summed E-state index contributed by atoms with van der Waals surface area (Å²) >= 11 is 0. The van der Waals surface area contributed by atoms with E-state index in [1.165, 1.54) is 16.7 Å². The van der Waals surface area contributed by atoms with Gasteiger partial charge in [-0.25, -0.2) is 0 Å². The predicted octanol–water partition coefficient (Wildman–Crippen LogP) is 4.71. The number of ether oxygens (including phenoxy) is 1. The average Bonchev–Trinajstić information content (AvgIpc) is 2.70. The molecule has 0 saturated heterocycles. The Morgan fingerprint density at radius 1 is 0.893 bits per heavy atom. The third-order valence-electron chi connectivity index (χ3n) is 4.94. The number of amides is 1. The molecule has 0 fully saturated rings. The van der Waals surface area contributed by atoms with Crippen LogP contribution in [0.4, 0.5) is 5.69 Å². The number of carbonyl (C=O) groups excluding carboxylic acids is 1. The molecule has 0 radical (unpaired) electrons. The van der Waals surface area contributed by atoms with Crippen molar-refractivity contribution in [3.8, 4) is 16.9 Å². The first kappa shape index (κ1) is 18.3. The fourth-order valence-corrected chi connectivity index (χ4v) is 3.47. The summed E-state index contributed by atoms with van der Waals surface area (Å²) in [6, 6.07) is 25.1. The van der Waals surface area contributed by atoms with Gasteiger partial charge in [-0.3, -0.25) is 9.69 Å². The van der Waals surface area contributed by atoms with Gasteiger partial charge in [-0.05, 0) is 48.4 Å². The van der Waals surface area contributed by atoms with E-state index in [1.54, 1.807) is 6.92 Å². The van der Waals surface area contributed by atoms with Crippen molar-refractivity contribution in [2.75, 3.05) is 12.4 Å². The topological polar surface area (TPSA) is 41.6 Å². The Labute approximate surface area is 165 Å². The highest BCUT2D eigenvalue weighted by Gasteiger charge is 2.23. The van der Waals surface area contributed by atoms with Crippen molar-refractivity contribution in [1.29, 1.82) is 0 Å². The molecule has 0 aromatic heterocycles. The lowest BCUT2D eigenvalue weighted by Crippen LogP contribution is -2.34. The van der Waals surface area contributed by atoms with Crippen LogP contribution >= 0.6 is 0 Å². The second kappa shape index (κ2) is 7.87. The smallest absolute Gasteiger partial charge is 0.265 e. The SMILES string of the molecule is CC1Oc2ccc(CN(C)Cc3ccc(-c4ccccc4)cc3)cc2NC1=O. The Morgan fingerprint density at radius 2 is 1.54 bits per heavy atom. The van der Waals surface area contributed by atoms with Gasteiger partial charge in [-0.2, -0.15) is 0 Å². The fourth-order valence-electron chi connectivity index (χ4n) is 3.47. The molecule has 1 amide bonds. The zero-order valence-electron chi connectivity index (χ0n) is 16.2. The van der Waals surface area contributed by atoms with Gasteiger partial charge in [0.2, 0.25) is 0 Å². The molecule has 4 nitrogen and oxygen atoms in total. The zero-order valence-corrected chi connectivity index (χ0v) is 16.2. The average molecular weight is 372 g/mol. The van der Waals surface area contributed by atoms with E-state index in [0.29, 0.717) is 0 Å². The second-order valence-corrected chi connectivity index (χ2v) is 7.32. The van der Waals surface area contributed by atoms with Crippen molar-refractivity contribution >= 4 is 11.6 Å². The summed E-state index contributed by atoms with van der Waals surface area (Å²) in [5.74, 6) is 0.631. The fraction of sp³-hybridized carbons (Fsp3) is 0.208. The molecule has 0 aliphatic carbocycles. The number of fused-ring (bicyclic) bond motifs is 1. The van der Waals surface area contributed by atoms with Gasteiger partial charge in [0, 0.05) is 13.1 Å². The minimum Gasteiger partial charge on any atom is -0.479 e. The van der Waals surface area contributed by atoms with Crippen molar-refractivity contribution in [3.63, 3.8) is 0 Å². The van der Waals surface area contributed by atoms with E-state index >= 15 is 0 Å². The van der Waals surface area contributed by atoms with E-state index in [9.17, 15) is 4.79 Å². The Balaban J connectivity index is 1.40. The maximum absolute atomic E-state index is 11.8. The van der Waals surface area contributed by atoms with Crippen LogP contribution in [0.2, 0.25) is 0 Å². The van der Waals surface area contributed by atoms with Gasteiger partial charge in [0.1, 0.15) is 5.75 Å². The molecule has 0 saturated carbocycles. The van der Waals surface area contributed by atoms with E-state index in [4.69, 9.17) is 4.74 Å². The van der Waals surface area contributed by atoms with E-state index in [2.05, 4.69) is 71.9 Å². The molecular formula is C24H24N2O2. The van der Waals surface area contributed by atoms with Crippen LogP contribution in [0.15, 0.2) is 72.8 Å². The molecule has 4 rings (SSSR count). The maximum atomic E-state index is 11.8. The van der Waals surface area contributed by atoms with Crippen molar-refractivity contribution < 1.29 is 9.53 Å². The van der Waals surface area contributed by atoms with Crippen molar-refractivity contribution in [3.05, 3.63) is 83.9 Å². The van der Waals surface area contributed by atoms with Gasteiger partial charge in [0.15, 0.2) is 6.10 Å². The molecule has 4 heteroatoms. The standard InChI is InChI=1S/C24H24N2O2/c1-17-24(27)25-22-14-19(10-13-23(22)28-17)16-26(2)15-18-8-11-21(12-9-18)20-6-4-3-5-7-20/h3-14,17H,15-16H2,1-2H3,(H,25,27). The first-order valence-electron chi connectivity index (χ1n) is 9.52.